The molecule has 0 spiro atoms. The third-order valence-electron chi connectivity index (χ3n) is 4.89. The first-order valence-electron chi connectivity index (χ1n) is 9.71. The zero-order valence-electron chi connectivity index (χ0n) is 16.2. The molecule has 7 nitrogen and oxygen atoms in total. The Labute approximate surface area is 170 Å². The fourth-order valence-corrected chi connectivity index (χ4v) is 3.36. The fourth-order valence-electron chi connectivity index (χ4n) is 3.36. The minimum absolute atomic E-state index is 0.0584. The Hall–Kier alpha value is -3.19. The van der Waals surface area contributed by atoms with Crippen LogP contribution in [-0.4, -0.2) is 53.9 Å². The first kappa shape index (κ1) is 20.5. The van der Waals surface area contributed by atoms with Crippen LogP contribution in [0.5, 0.6) is 0 Å². The number of carbonyl (C=O) groups is 3. The molecule has 0 bridgehead atoms. The van der Waals surface area contributed by atoms with Crippen LogP contribution in [0.15, 0.2) is 60.7 Å². The zero-order chi connectivity index (χ0) is 20.6. The van der Waals surface area contributed by atoms with Crippen LogP contribution in [-0.2, 0) is 19.2 Å². The van der Waals surface area contributed by atoms with Gasteiger partial charge in [0, 0.05) is 19.0 Å². The number of rotatable bonds is 8. The number of carbonyl (C=O) groups excluding carboxylic acids is 3. The van der Waals surface area contributed by atoms with E-state index in [1.165, 1.54) is 4.90 Å². The molecule has 1 fully saturated rings. The quantitative estimate of drug-likeness (QED) is 0.687. The van der Waals surface area contributed by atoms with E-state index in [9.17, 15) is 14.4 Å². The molecule has 1 heterocycles. The molecule has 2 amide bonds. The van der Waals surface area contributed by atoms with Crippen LogP contribution in [0.1, 0.15) is 29.9 Å². The molecule has 0 saturated carbocycles. The molecule has 0 aliphatic carbocycles. The number of hydrogen-bond acceptors (Lipinski definition) is 5. The average molecular weight is 395 g/mol. The van der Waals surface area contributed by atoms with Crippen molar-refractivity contribution < 1.29 is 19.2 Å². The van der Waals surface area contributed by atoms with Gasteiger partial charge >= 0.3 is 17.8 Å². The Bertz CT molecular complexity index is 802. The first-order chi connectivity index (χ1) is 14.1. The predicted octanol–water partition coefficient (Wildman–Crippen LogP) is 1.69. The molecule has 0 unspecified atom stereocenters. The highest BCUT2D eigenvalue weighted by atomic mass is 16.7. The topological polar surface area (TPSA) is 92.9 Å². The van der Waals surface area contributed by atoms with Gasteiger partial charge in [0.2, 0.25) is 0 Å². The normalized spacial score (nSPS) is 14.4. The number of amides is 2. The molecule has 1 aliphatic rings. The summed E-state index contributed by atoms with van der Waals surface area (Å²) in [6, 6.07) is 19.3. The Balaban J connectivity index is 1.67. The van der Waals surface area contributed by atoms with E-state index in [0.717, 1.165) is 16.2 Å². The number of hydrogen-bond donors (Lipinski definition) is 1. The van der Waals surface area contributed by atoms with Crippen LogP contribution in [0.25, 0.3) is 0 Å². The van der Waals surface area contributed by atoms with Crippen molar-refractivity contribution in [2.45, 2.75) is 18.8 Å². The molecule has 7 heteroatoms. The molecule has 3 rings (SSSR count). The van der Waals surface area contributed by atoms with E-state index in [4.69, 9.17) is 10.6 Å². The third-order valence-corrected chi connectivity index (χ3v) is 4.89. The molecule has 2 N–H and O–H groups in total. The molecule has 1 saturated heterocycles. The van der Waals surface area contributed by atoms with Gasteiger partial charge in [0.1, 0.15) is 0 Å². The van der Waals surface area contributed by atoms with Gasteiger partial charge in [-0.15, -0.1) is 0 Å². The lowest BCUT2D eigenvalue weighted by molar-refractivity contribution is -0.205. The minimum Gasteiger partial charge on any atom is -0.338 e. The van der Waals surface area contributed by atoms with Crippen molar-refractivity contribution in [2.24, 2.45) is 5.73 Å². The van der Waals surface area contributed by atoms with Gasteiger partial charge in [-0.3, -0.25) is 9.59 Å². The van der Waals surface area contributed by atoms with E-state index in [1.807, 2.05) is 60.7 Å². The predicted molar refractivity (Wildman–Crippen MR) is 107 cm³/mol. The van der Waals surface area contributed by atoms with Crippen LogP contribution in [0.2, 0.25) is 0 Å². The summed E-state index contributed by atoms with van der Waals surface area (Å²) >= 11 is 0. The monoisotopic (exact) mass is 395 g/mol. The summed E-state index contributed by atoms with van der Waals surface area (Å²) in [5.74, 6) is -2.25. The van der Waals surface area contributed by atoms with Gasteiger partial charge in [0.25, 0.3) is 0 Å². The lowest BCUT2D eigenvalue weighted by Gasteiger charge is -2.32. The highest BCUT2D eigenvalue weighted by Crippen LogP contribution is 2.28. The van der Waals surface area contributed by atoms with Gasteiger partial charge in [0.05, 0.1) is 13.0 Å². The van der Waals surface area contributed by atoms with E-state index < -0.39 is 17.8 Å². The zero-order valence-corrected chi connectivity index (χ0v) is 16.2. The molecule has 0 aromatic heterocycles. The molecule has 29 heavy (non-hydrogen) atoms. The number of nitrogens with zero attached hydrogens (tertiary/aromatic N) is 2. The van der Waals surface area contributed by atoms with Crippen LogP contribution in [0.4, 0.5) is 0 Å². The highest BCUT2D eigenvalue weighted by molar-refractivity contribution is 6.35. The standard InChI is InChI=1S/C22H25N3O4/c23-12-7-13-24-14-15-25(22(28)21(24)27)29-20(26)16-19(17-8-3-1-4-9-17)18-10-5-2-6-11-18/h1-6,8-11,19H,7,12-16,23H2. The molecule has 2 aromatic rings. The minimum atomic E-state index is -0.822. The number of nitrogens with two attached hydrogens (primary N) is 1. The molecular weight excluding hydrogens is 370 g/mol. The lowest BCUT2D eigenvalue weighted by atomic mass is 9.89. The summed E-state index contributed by atoms with van der Waals surface area (Å²) in [7, 11) is 0. The van der Waals surface area contributed by atoms with Gasteiger partial charge in [-0.25, -0.2) is 4.79 Å². The van der Waals surface area contributed by atoms with Gasteiger partial charge < -0.3 is 15.5 Å². The summed E-state index contributed by atoms with van der Waals surface area (Å²) < 4.78 is 0. The van der Waals surface area contributed by atoms with Crippen molar-refractivity contribution in [3.8, 4) is 0 Å². The van der Waals surface area contributed by atoms with Crippen LogP contribution < -0.4 is 5.73 Å². The Morgan fingerprint density at radius 2 is 1.52 bits per heavy atom. The average Bonchev–Trinajstić information content (AvgIpc) is 2.76. The van der Waals surface area contributed by atoms with Crippen molar-refractivity contribution in [1.29, 1.82) is 0 Å². The second kappa shape index (κ2) is 9.84. The molecule has 152 valence electrons. The fraction of sp³-hybridized carbons (Fsp3) is 0.318. The largest absolute Gasteiger partial charge is 0.344 e. The van der Waals surface area contributed by atoms with Crippen molar-refractivity contribution in [2.75, 3.05) is 26.2 Å². The number of benzene rings is 2. The number of piperazine rings is 1. The maximum absolute atomic E-state index is 12.6. The van der Waals surface area contributed by atoms with Gasteiger partial charge in [-0.05, 0) is 24.1 Å². The second-order valence-corrected chi connectivity index (χ2v) is 6.88. The summed E-state index contributed by atoms with van der Waals surface area (Å²) in [6.07, 6.45) is 0.678. The second-order valence-electron chi connectivity index (χ2n) is 6.88. The molecule has 1 aliphatic heterocycles. The molecular formula is C22H25N3O4. The first-order valence-corrected chi connectivity index (χ1v) is 9.71. The van der Waals surface area contributed by atoms with Crippen LogP contribution in [0, 0.1) is 0 Å². The van der Waals surface area contributed by atoms with E-state index in [1.54, 1.807) is 0 Å². The van der Waals surface area contributed by atoms with Crippen molar-refractivity contribution in [3.05, 3.63) is 71.8 Å². The Morgan fingerprint density at radius 3 is 2.07 bits per heavy atom. The summed E-state index contributed by atoms with van der Waals surface area (Å²) in [6.45, 7) is 1.34. The summed E-state index contributed by atoms with van der Waals surface area (Å²) in [4.78, 5) is 43.8. The van der Waals surface area contributed by atoms with E-state index in [0.29, 0.717) is 26.1 Å². The smallest absolute Gasteiger partial charge is 0.338 e. The maximum atomic E-state index is 12.6. The van der Waals surface area contributed by atoms with E-state index in [2.05, 4.69) is 0 Å². The number of hydroxylamine groups is 2. The van der Waals surface area contributed by atoms with Crippen molar-refractivity contribution in [3.63, 3.8) is 0 Å². The van der Waals surface area contributed by atoms with Gasteiger partial charge in [-0.2, -0.15) is 5.06 Å². The Kier molecular flexibility index (Phi) is 6.97. The third kappa shape index (κ3) is 5.20. The van der Waals surface area contributed by atoms with Crippen LogP contribution in [0.3, 0.4) is 0 Å². The molecule has 2 aromatic carbocycles. The summed E-state index contributed by atoms with van der Waals surface area (Å²) in [5, 5.41) is 0.872. The van der Waals surface area contributed by atoms with Gasteiger partial charge in [-0.1, -0.05) is 60.7 Å². The molecule has 0 atom stereocenters. The van der Waals surface area contributed by atoms with Crippen molar-refractivity contribution >= 4 is 17.8 Å². The Morgan fingerprint density at radius 1 is 0.931 bits per heavy atom. The van der Waals surface area contributed by atoms with Crippen molar-refractivity contribution in [1.82, 2.24) is 9.96 Å². The van der Waals surface area contributed by atoms with E-state index in [-0.39, 0.29) is 18.9 Å². The SMILES string of the molecule is NCCCN1CCN(OC(=O)CC(c2ccccc2)c2ccccc2)C(=O)C1=O. The lowest BCUT2D eigenvalue weighted by Crippen LogP contribution is -2.54. The van der Waals surface area contributed by atoms with E-state index >= 15 is 0 Å². The van der Waals surface area contributed by atoms with Crippen LogP contribution >= 0.6 is 0 Å². The highest BCUT2D eigenvalue weighted by Gasteiger charge is 2.35. The maximum Gasteiger partial charge on any atom is 0.344 e. The molecule has 0 radical (unpaired) electrons. The summed E-state index contributed by atoms with van der Waals surface area (Å²) in [5.41, 5.74) is 7.41. The van der Waals surface area contributed by atoms with Gasteiger partial charge in [0.15, 0.2) is 0 Å².